The van der Waals surface area contributed by atoms with Gasteiger partial charge in [0.2, 0.25) is 11.8 Å². The Balaban J connectivity index is 1.60. The summed E-state index contributed by atoms with van der Waals surface area (Å²) >= 11 is 0. The highest BCUT2D eigenvalue weighted by atomic mass is 16.3. The lowest BCUT2D eigenvalue weighted by Gasteiger charge is -2.31. The van der Waals surface area contributed by atoms with Crippen molar-refractivity contribution >= 4 is 17.7 Å². The topological polar surface area (TPSA) is 125 Å². The number of fused-ring (bicyclic) bond motifs is 1. The molecule has 158 valence electrons. The maximum absolute atomic E-state index is 13.1. The molecule has 1 aromatic carbocycles. The highest BCUT2D eigenvalue weighted by Gasteiger charge is 2.45. The second-order valence-corrected chi connectivity index (χ2v) is 7.64. The van der Waals surface area contributed by atoms with Gasteiger partial charge in [-0.15, -0.1) is 0 Å². The minimum Gasteiger partial charge on any atom is -0.369 e. The van der Waals surface area contributed by atoms with Gasteiger partial charge in [0.15, 0.2) is 6.23 Å². The molecule has 0 aliphatic carbocycles. The third-order valence-corrected chi connectivity index (χ3v) is 5.58. The van der Waals surface area contributed by atoms with Crippen molar-refractivity contribution < 1.29 is 19.5 Å². The SMILES string of the molecule is NCCCCCNCCCc1cccc2c1C(=O)N(C1CCC(=O)NC1=O)C2O. The number of aryl methyl sites for hydroxylation is 1. The fourth-order valence-electron chi connectivity index (χ4n) is 4.05. The monoisotopic (exact) mass is 402 g/mol. The maximum Gasteiger partial charge on any atom is 0.257 e. The van der Waals surface area contributed by atoms with E-state index < -0.39 is 18.2 Å². The number of amides is 3. The van der Waals surface area contributed by atoms with E-state index >= 15 is 0 Å². The first-order valence-corrected chi connectivity index (χ1v) is 10.4. The molecule has 0 radical (unpaired) electrons. The van der Waals surface area contributed by atoms with Crippen molar-refractivity contribution in [3.8, 4) is 0 Å². The number of carbonyl (C=O) groups is 3. The van der Waals surface area contributed by atoms with Crippen molar-refractivity contribution in [2.45, 2.75) is 57.2 Å². The molecule has 0 saturated carbocycles. The molecule has 3 rings (SSSR count). The number of nitrogens with two attached hydrogens (primary N) is 1. The Morgan fingerprint density at radius 3 is 2.69 bits per heavy atom. The van der Waals surface area contributed by atoms with Gasteiger partial charge in [0.05, 0.1) is 5.56 Å². The van der Waals surface area contributed by atoms with Crippen LogP contribution in [0.25, 0.3) is 0 Å². The summed E-state index contributed by atoms with van der Waals surface area (Å²) in [7, 11) is 0. The van der Waals surface area contributed by atoms with Crippen molar-refractivity contribution in [2.24, 2.45) is 5.73 Å². The zero-order chi connectivity index (χ0) is 20.8. The first-order chi connectivity index (χ1) is 14.0. The normalized spacial score (nSPS) is 21.4. The number of imide groups is 1. The van der Waals surface area contributed by atoms with Gasteiger partial charge in [0, 0.05) is 12.0 Å². The van der Waals surface area contributed by atoms with Crippen molar-refractivity contribution in [3.63, 3.8) is 0 Å². The fraction of sp³-hybridized carbons (Fsp3) is 0.571. The number of aliphatic hydroxyl groups excluding tert-OH is 1. The highest BCUT2D eigenvalue weighted by molar-refractivity contribution is 6.06. The van der Waals surface area contributed by atoms with Gasteiger partial charge in [-0.25, -0.2) is 0 Å². The van der Waals surface area contributed by atoms with Crippen LogP contribution in [0.4, 0.5) is 0 Å². The van der Waals surface area contributed by atoms with Crippen LogP contribution in [-0.4, -0.2) is 53.4 Å². The number of benzene rings is 1. The first-order valence-electron chi connectivity index (χ1n) is 10.4. The Hall–Kier alpha value is -2.29. The van der Waals surface area contributed by atoms with Crippen molar-refractivity contribution in [1.29, 1.82) is 0 Å². The van der Waals surface area contributed by atoms with Crippen LogP contribution >= 0.6 is 0 Å². The molecule has 8 nitrogen and oxygen atoms in total. The third kappa shape index (κ3) is 4.83. The average Bonchev–Trinajstić information content (AvgIpc) is 2.95. The van der Waals surface area contributed by atoms with Crippen LogP contribution < -0.4 is 16.4 Å². The zero-order valence-electron chi connectivity index (χ0n) is 16.7. The van der Waals surface area contributed by atoms with Crippen LogP contribution in [0.3, 0.4) is 0 Å². The van der Waals surface area contributed by atoms with Crippen molar-refractivity contribution in [1.82, 2.24) is 15.5 Å². The molecule has 29 heavy (non-hydrogen) atoms. The summed E-state index contributed by atoms with van der Waals surface area (Å²) in [5.41, 5.74) is 7.39. The molecule has 0 aromatic heterocycles. The van der Waals surface area contributed by atoms with Crippen LogP contribution in [0.1, 0.15) is 66.2 Å². The van der Waals surface area contributed by atoms with Crippen LogP contribution in [0.2, 0.25) is 0 Å². The summed E-state index contributed by atoms with van der Waals surface area (Å²) in [5, 5.41) is 16.4. The van der Waals surface area contributed by atoms with Gasteiger partial charge < -0.3 is 16.2 Å². The van der Waals surface area contributed by atoms with Gasteiger partial charge in [-0.2, -0.15) is 0 Å². The molecule has 2 aliphatic rings. The van der Waals surface area contributed by atoms with E-state index in [1.165, 1.54) is 4.90 Å². The van der Waals surface area contributed by atoms with Crippen molar-refractivity contribution in [3.05, 3.63) is 34.9 Å². The molecule has 8 heteroatoms. The molecule has 2 atom stereocenters. The van der Waals surface area contributed by atoms with Gasteiger partial charge in [-0.05, 0) is 57.3 Å². The number of nitrogens with zero attached hydrogens (tertiary/aromatic N) is 1. The minimum absolute atomic E-state index is 0.160. The van der Waals surface area contributed by atoms with E-state index in [0.717, 1.165) is 50.9 Å². The van der Waals surface area contributed by atoms with E-state index in [1.54, 1.807) is 6.07 Å². The van der Waals surface area contributed by atoms with E-state index in [1.807, 2.05) is 12.1 Å². The predicted molar refractivity (Wildman–Crippen MR) is 108 cm³/mol. The predicted octanol–water partition coefficient (Wildman–Crippen LogP) is 0.590. The lowest BCUT2D eigenvalue weighted by molar-refractivity contribution is -0.139. The fourth-order valence-corrected chi connectivity index (χ4v) is 4.05. The molecule has 2 aliphatic heterocycles. The highest BCUT2D eigenvalue weighted by Crippen LogP contribution is 2.37. The summed E-state index contributed by atoms with van der Waals surface area (Å²) in [4.78, 5) is 37.9. The molecule has 1 fully saturated rings. The number of unbranched alkanes of at least 4 members (excludes halogenated alkanes) is 2. The third-order valence-electron chi connectivity index (χ3n) is 5.58. The van der Waals surface area contributed by atoms with Crippen molar-refractivity contribution in [2.75, 3.05) is 19.6 Å². The van der Waals surface area contributed by atoms with Gasteiger partial charge in [0.25, 0.3) is 5.91 Å². The van der Waals surface area contributed by atoms with E-state index in [9.17, 15) is 19.5 Å². The Morgan fingerprint density at radius 2 is 1.93 bits per heavy atom. The number of hydrogen-bond donors (Lipinski definition) is 4. The summed E-state index contributed by atoms with van der Waals surface area (Å²) in [6, 6.07) is 4.63. The van der Waals surface area contributed by atoms with Crippen LogP contribution in [0.5, 0.6) is 0 Å². The van der Waals surface area contributed by atoms with E-state index in [-0.39, 0.29) is 24.7 Å². The number of piperidine rings is 1. The Kier molecular flexibility index (Phi) is 7.35. The average molecular weight is 402 g/mol. The van der Waals surface area contributed by atoms with Gasteiger partial charge in [0.1, 0.15) is 6.04 Å². The number of nitrogens with one attached hydrogen (secondary N) is 2. The Bertz CT molecular complexity index is 767. The lowest BCUT2D eigenvalue weighted by atomic mass is 9.99. The molecule has 5 N–H and O–H groups in total. The summed E-state index contributed by atoms with van der Waals surface area (Å²) < 4.78 is 0. The van der Waals surface area contributed by atoms with Gasteiger partial charge in [-0.3, -0.25) is 24.6 Å². The molecule has 1 aromatic rings. The molecule has 2 unspecified atom stereocenters. The molecule has 0 bridgehead atoms. The number of rotatable bonds is 10. The largest absolute Gasteiger partial charge is 0.369 e. The molecule has 1 saturated heterocycles. The Morgan fingerprint density at radius 1 is 1.14 bits per heavy atom. The summed E-state index contributed by atoms with van der Waals surface area (Å²) in [6.45, 7) is 2.53. The van der Waals surface area contributed by atoms with Gasteiger partial charge >= 0.3 is 0 Å². The second kappa shape index (κ2) is 9.96. The second-order valence-electron chi connectivity index (χ2n) is 7.64. The van der Waals surface area contributed by atoms with E-state index in [2.05, 4.69) is 10.6 Å². The summed E-state index contributed by atoms with van der Waals surface area (Å²) in [6.07, 6.45) is 4.07. The maximum atomic E-state index is 13.1. The molecule has 3 amide bonds. The number of aliphatic hydroxyl groups is 1. The smallest absolute Gasteiger partial charge is 0.257 e. The standard InChI is InChI=1S/C21H30N4O4/c22-11-2-1-3-12-23-13-5-7-14-6-4-8-15-18(14)21(29)25(20(15)28)16-9-10-17(26)24-19(16)27/h4,6,8,16,20,23,28H,1-3,5,7,9-13,22H2,(H,24,26,27). The molecule has 0 spiro atoms. The molecular weight excluding hydrogens is 372 g/mol. The molecule has 2 heterocycles. The van der Waals surface area contributed by atoms with Crippen LogP contribution in [0.15, 0.2) is 18.2 Å². The van der Waals surface area contributed by atoms with Gasteiger partial charge in [-0.1, -0.05) is 24.6 Å². The Labute approximate surface area is 170 Å². The van der Waals surface area contributed by atoms with Crippen LogP contribution in [0, 0.1) is 0 Å². The molecular formula is C21H30N4O4. The zero-order valence-corrected chi connectivity index (χ0v) is 16.7. The summed E-state index contributed by atoms with van der Waals surface area (Å²) in [5.74, 6) is -1.21. The number of carbonyl (C=O) groups excluding carboxylic acids is 3. The quantitative estimate of drug-likeness (QED) is 0.335. The minimum atomic E-state index is -1.16. The number of hydrogen-bond acceptors (Lipinski definition) is 6. The van der Waals surface area contributed by atoms with E-state index in [0.29, 0.717) is 17.5 Å². The van der Waals surface area contributed by atoms with E-state index in [4.69, 9.17) is 5.73 Å². The first kappa shape index (κ1) is 21.4. The lowest BCUT2D eigenvalue weighted by Crippen LogP contribution is -2.53. The van der Waals surface area contributed by atoms with Crippen LogP contribution in [-0.2, 0) is 16.0 Å².